The van der Waals surface area contributed by atoms with Gasteiger partial charge in [0.15, 0.2) is 0 Å². The van der Waals surface area contributed by atoms with Crippen molar-refractivity contribution in [1.82, 2.24) is 9.62 Å². The summed E-state index contributed by atoms with van der Waals surface area (Å²) in [5.74, 6) is 0. The van der Waals surface area contributed by atoms with E-state index in [1.807, 2.05) is 13.8 Å². The Labute approximate surface area is 141 Å². The summed E-state index contributed by atoms with van der Waals surface area (Å²) in [6.45, 7) is 9.97. The van der Waals surface area contributed by atoms with Crippen molar-refractivity contribution in [2.24, 2.45) is 0 Å². The molecular formula is C14H25BrN2O2S2. The molecule has 4 nitrogen and oxygen atoms in total. The van der Waals surface area contributed by atoms with E-state index in [9.17, 15) is 8.42 Å². The van der Waals surface area contributed by atoms with Crippen LogP contribution in [0, 0.1) is 0 Å². The molecular weight excluding hydrogens is 372 g/mol. The van der Waals surface area contributed by atoms with Gasteiger partial charge in [0.25, 0.3) is 0 Å². The Morgan fingerprint density at radius 3 is 2.33 bits per heavy atom. The Morgan fingerprint density at radius 1 is 1.29 bits per heavy atom. The second kappa shape index (κ2) is 8.62. The molecule has 1 aromatic rings. The van der Waals surface area contributed by atoms with Crippen LogP contribution < -0.4 is 5.32 Å². The van der Waals surface area contributed by atoms with Gasteiger partial charge in [0, 0.05) is 30.6 Å². The maximum Gasteiger partial charge on any atom is 0.245 e. The van der Waals surface area contributed by atoms with Gasteiger partial charge in [-0.25, -0.2) is 8.42 Å². The summed E-state index contributed by atoms with van der Waals surface area (Å²) in [6, 6.07) is 2.17. The molecule has 21 heavy (non-hydrogen) atoms. The van der Waals surface area contributed by atoms with Crippen LogP contribution >= 0.6 is 27.3 Å². The highest BCUT2D eigenvalue weighted by molar-refractivity contribution is 9.11. The Balaban J connectivity index is 3.01. The quantitative estimate of drug-likeness (QED) is 0.689. The second-order valence-electron chi connectivity index (χ2n) is 5.29. The van der Waals surface area contributed by atoms with Gasteiger partial charge in [-0.05, 0) is 34.8 Å². The van der Waals surface area contributed by atoms with Gasteiger partial charge in [-0.1, -0.05) is 27.7 Å². The molecule has 0 saturated heterocycles. The predicted octanol–water partition coefficient (Wildman–Crippen LogP) is 3.82. The molecule has 0 fully saturated rings. The van der Waals surface area contributed by atoms with Crippen LogP contribution in [0.3, 0.4) is 0 Å². The average Bonchev–Trinajstić information content (AvgIpc) is 2.78. The van der Waals surface area contributed by atoms with Crippen LogP contribution in [0.25, 0.3) is 0 Å². The van der Waals surface area contributed by atoms with Crippen LogP contribution in [-0.2, 0) is 16.6 Å². The lowest BCUT2D eigenvalue weighted by molar-refractivity contribution is 0.410. The molecule has 0 amide bonds. The molecule has 0 aliphatic carbocycles. The summed E-state index contributed by atoms with van der Waals surface area (Å²) in [5.41, 5.74) is 0. The van der Waals surface area contributed by atoms with E-state index >= 15 is 0 Å². The molecule has 122 valence electrons. The zero-order chi connectivity index (χ0) is 16.0. The number of sulfonamides is 1. The van der Waals surface area contributed by atoms with Crippen molar-refractivity contribution < 1.29 is 8.42 Å². The van der Waals surface area contributed by atoms with E-state index < -0.39 is 10.0 Å². The van der Waals surface area contributed by atoms with Gasteiger partial charge >= 0.3 is 0 Å². The number of hydrogen-bond acceptors (Lipinski definition) is 4. The lowest BCUT2D eigenvalue weighted by Gasteiger charge is -2.20. The maximum absolute atomic E-state index is 12.8. The summed E-state index contributed by atoms with van der Waals surface area (Å²) >= 11 is 4.90. The maximum atomic E-state index is 12.8. The molecule has 0 atom stereocenters. The smallest absolute Gasteiger partial charge is 0.245 e. The first-order chi connectivity index (χ1) is 9.82. The Morgan fingerprint density at radius 2 is 1.86 bits per heavy atom. The molecule has 0 aliphatic rings. The van der Waals surface area contributed by atoms with Gasteiger partial charge in [-0.3, -0.25) is 0 Å². The van der Waals surface area contributed by atoms with Gasteiger partial charge < -0.3 is 5.32 Å². The van der Waals surface area contributed by atoms with E-state index in [1.165, 1.54) is 11.3 Å². The lowest BCUT2D eigenvalue weighted by atomic mass is 10.4. The molecule has 0 aromatic carbocycles. The van der Waals surface area contributed by atoms with E-state index in [0.29, 0.717) is 34.4 Å². The van der Waals surface area contributed by atoms with Crippen LogP contribution in [0.2, 0.25) is 0 Å². The van der Waals surface area contributed by atoms with Gasteiger partial charge in [-0.15, -0.1) is 11.3 Å². The molecule has 0 bridgehead atoms. The fourth-order valence-electron chi connectivity index (χ4n) is 1.96. The number of rotatable bonds is 9. The topological polar surface area (TPSA) is 49.4 Å². The summed E-state index contributed by atoms with van der Waals surface area (Å²) in [5, 5.41) is 3.31. The minimum Gasteiger partial charge on any atom is -0.310 e. The molecule has 0 unspecified atom stereocenters. The highest BCUT2D eigenvalue weighted by atomic mass is 79.9. The minimum atomic E-state index is -3.40. The van der Waals surface area contributed by atoms with Crippen molar-refractivity contribution in [3.63, 3.8) is 0 Å². The van der Waals surface area contributed by atoms with Gasteiger partial charge in [0.2, 0.25) is 10.0 Å². The zero-order valence-corrected chi connectivity index (χ0v) is 16.4. The first-order valence-corrected chi connectivity index (χ1v) is 10.4. The summed E-state index contributed by atoms with van der Waals surface area (Å²) in [6.07, 6.45) is 1.64. The molecule has 0 aliphatic heterocycles. The van der Waals surface area contributed by atoms with Crippen molar-refractivity contribution in [1.29, 1.82) is 0 Å². The van der Waals surface area contributed by atoms with Crippen LogP contribution in [0.1, 0.15) is 45.4 Å². The molecule has 0 radical (unpaired) electrons. The van der Waals surface area contributed by atoms with Crippen LogP contribution in [-0.4, -0.2) is 31.9 Å². The second-order valence-corrected chi connectivity index (χ2v) is 9.65. The third-order valence-corrected chi connectivity index (χ3v) is 7.11. The number of hydrogen-bond donors (Lipinski definition) is 1. The summed E-state index contributed by atoms with van der Waals surface area (Å²) in [7, 11) is -3.40. The van der Waals surface area contributed by atoms with E-state index in [1.54, 1.807) is 10.4 Å². The third-order valence-electron chi connectivity index (χ3n) is 2.95. The minimum absolute atomic E-state index is 0.377. The number of thiophene rings is 1. The van der Waals surface area contributed by atoms with Crippen molar-refractivity contribution in [3.05, 3.63) is 14.7 Å². The molecule has 1 aromatic heterocycles. The Hall–Kier alpha value is 0.0500. The van der Waals surface area contributed by atoms with E-state index in [4.69, 9.17) is 0 Å². The van der Waals surface area contributed by atoms with Crippen LogP contribution in [0.4, 0.5) is 0 Å². The monoisotopic (exact) mass is 396 g/mol. The molecule has 0 saturated carbocycles. The zero-order valence-electron chi connectivity index (χ0n) is 13.1. The van der Waals surface area contributed by atoms with Crippen molar-refractivity contribution >= 4 is 37.3 Å². The number of halogens is 1. The highest BCUT2D eigenvalue weighted by Gasteiger charge is 2.27. The van der Waals surface area contributed by atoms with Crippen LogP contribution in [0.5, 0.6) is 0 Å². The lowest BCUT2D eigenvalue weighted by Crippen LogP contribution is -2.32. The average molecular weight is 397 g/mol. The normalized spacial score (nSPS) is 12.5. The molecule has 1 heterocycles. The predicted molar refractivity (Wildman–Crippen MR) is 93.3 cm³/mol. The van der Waals surface area contributed by atoms with E-state index in [-0.39, 0.29) is 0 Å². The van der Waals surface area contributed by atoms with Gasteiger partial charge in [0.05, 0.1) is 3.79 Å². The summed E-state index contributed by atoms with van der Waals surface area (Å²) in [4.78, 5) is 1.43. The largest absolute Gasteiger partial charge is 0.310 e. The van der Waals surface area contributed by atoms with Gasteiger partial charge in [-0.2, -0.15) is 4.31 Å². The molecule has 1 rings (SSSR count). The van der Waals surface area contributed by atoms with E-state index in [2.05, 4.69) is 35.1 Å². The molecule has 1 N–H and O–H groups in total. The standard InChI is InChI=1S/C14H25BrN2O2S2/c1-5-7-17(8-6-2)21(18,19)13-9-12(20-14(13)15)10-16-11(3)4/h9,11,16H,5-8,10H2,1-4H3. The fourth-order valence-corrected chi connectivity index (χ4v) is 6.16. The highest BCUT2D eigenvalue weighted by Crippen LogP contribution is 2.33. The van der Waals surface area contributed by atoms with Crippen molar-refractivity contribution in [2.45, 2.75) is 58.0 Å². The molecule has 0 spiro atoms. The van der Waals surface area contributed by atoms with Crippen molar-refractivity contribution in [3.8, 4) is 0 Å². The van der Waals surface area contributed by atoms with Crippen LogP contribution in [0.15, 0.2) is 14.7 Å². The molecule has 7 heteroatoms. The van der Waals surface area contributed by atoms with Crippen molar-refractivity contribution in [2.75, 3.05) is 13.1 Å². The number of nitrogens with one attached hydrogen (secondary N) is 1. The Kier molecular flexibility index (Phi) is 7.84. The fraction of sp³-hybridized carbons (Fsp3) is 0.714. The third kappa shape index (κ3) is 5.32. The first-order valence-electron chi connectivity index (χ1n) is 7.34. The number of nitrogens with zero attached hydrogens (tertiary/aromatic N) is 1. The van der Waals surface area contributed by atoms with E-state index in [0.717, 1.165) is 17.7 Å². The first kappa shape index (κ1) is 19.1. The Bertz CT molecular complexity index is 535. The summed E-state index contributed by atoms with van der Waals surface area (Å²) < 4.78 is 27.8. The SMILES string of the molecule is CCCN(CCC)S(=O)(=O)c1cc(CNC(C)C)sc1Br. The van der Waals surface area contributed by atoms with Gasteiger partial charge in [0.1, 0.15) is 4.90 Å².